The molecule has 1 fully saturated rings. The number of nitrogens with zero attached hydrogens (tertiary/aromatic N) is 3. The van der Waals surface area contributed by atoms with Crippen molar-refractivity contribution in [3.8, 4) is 5.75 Å². The number of thiocarbonyl (C=S) groups is 1. The first-order chi connectivity index (χ1) is 17.3. The monoisotopic (exact) mass is 523 g/mol. The molecule has 1 unspecified atom stereocenters. The maximum Gasteiger partial charge on any atom is 0.271 e. The fourth-order valence-electron chi connectivity index (χ4n) is 4.22. The van der Waals surface area contributed by atoms with Crippen LogP contribution >= 0.6 is 23.6 Å². The molecule has 3 aromatic rings. The summed E-state index contributed by atoms with van der Waals surface area (Å²) >= 11 is 7.23. The number of rotatable bonds is 7. The SMILES string of the molecule is COc1cccc(C(C)NC(=O)c2csc(C3CCN(C(=S)Nc4ccc(N(C)C)cc4)CC3)n2)c1. The molecule has 9 heteroatoms. The highest BCUT2D eigenvalue weighted by molar-refractivity contribution is 7.80. The Labute approximate surface area is 222 Å². The number of ether oxygens (including phenoxy) is 1. The second-order valence-electron chi connectivity index (χ2n) is 9.18. The number of amides is 1. The molecule has 7 nitrogen and oxygen atoms in total. The van der Waals surface area contributed by atoms with Gasteiger partial charge >= 0.3 is 0 Å². The zero-order chi connectivity index (χ0) is 25.7. The molecular formula is C27H33N5O2S2. The van der Waals surface area contributed by atoms with Crippen LogP contribution in [0.25, 0.3) is 0 Å². The lowest BCUT2D eigenvalue weighted by Crippen LogP contribution is -2.40. The van der Waals surface area contributed by atoms with E-state index >= 15 is 0 Å². The van der Waals surface area contributed by atoms with E-state index < -0.39 is 0 Å². The zero-order valence-corrected chi connectivity index (χ0v) is 22.8. The third-order valence-corrected chi connectivity index (χ3v) is 7.83. The minimum Gasteiger partial charge on any atom is -0.497 e. The fourth-order valence-corrected chi connectivity index (χ4v) is 5.49. The number of benzene rings is 2. The van der Waals surface area contributed by atoms with E-state index in [1.165, 1.54) is 0 Å². The van der Waals surface area contributed by atoms with E-state index in [1.54, 1.807) is 18.4 Å². The first kappa shape index (κ1) is 25.9. The predicted molar refractivity (Wildman–Crippen MR) is 152 cm³/mol. The maximum atomic E-state index is 12.8. The number of hydrogen-bond donors (Lipinski definition) is 2. The van der Waals surface area contributed by atoms with Gasteiger partial charge in [-0.1, -0.05) is 12.1 Å². The van der Waals surface area contributed by atoms with E-state index in [0.717, 1.165) is 58.7 Å². The van der Waals surface area contributed by atoms with Crippen LogP contribution in [0.5, 0.6) is 5.75 Å². The van der Waals surface area contributed by atoms with Crippen molar-refractivity contribution in [1.29, 1.82) is 0 Å². The third kappa shape index (κ3) is 6.33. The number of hydrogen-bond acceptors (Lipinski definition) is 6. The maximum absolute atomic E-state index is 12.8. The topological polar surface area (TPSA) is 69.7 Å². The van der Waals surface area contributed by atoms with E-state index in [-0.39, 0.29) is 11.9 Å². The standard InChI is InChI=1S/C27H33N5O2S2/c1-18(20-6-5-7-23(16-20)34-4)28-25(33)24-17-36-26(30-24)19-12-14-32(15-13-19)27(35)29-21-8-10-22(11-9-21)31(2)3/h5-11,16-19H,12-15H2,1-4H3,(H,28,33)(H,29,35). The lowest BCUT2D eigenvalue weighted by atomic mass is 9.98. The summed E-state index contributed by atoms with van der Waals surface area (Å²) in [5.74, 6) is 0.953. The van der Waals surface area contributed by atoms with E-state index in [4.69, 9.17) is 17.0 Å². The molecule has 4 rings (SSSR count). The summed E-state index contributed by atoms with van der Waals surface area (Å²) in [6, 6.07) is 15.8. The van der Waals surface area contributed by atoms with Crippen LogP contribution in [-0.2, 0) is 0 Å². The molecule has 0 saturated carbocycles. The Bertz CT molecular complexity index is 1190. The van der Waals surface area contributed by atoms with Crippen molar-refractivity contribution in [1.82, 2.24) is 15.2 Å². The largest absolute Gasteiger partial charge is 0.497 e. The quantitative estimate of drug-likeness (QED) is 0.408. The summed E-state index contributed by atoms with van der Waals surface area (Å²) in [6.45, 7) is 3.68. The molecule has 1 atom stereocenters. The van der Waals surface area contributed by atoms with Crippen LogP contribution in [0.2, 0.25) is 0 Å². The number of anilines is 2. The van der Waals surface area contributed by atoms with Crippen molar-refractivity contribution in [2.24, 2.45) is 0 Å². The molecule has 190 valence electrons. The lowest BCUT2D eigenvalue weighted by Gasteiger charge is -2.33. The summed E-state index contributed by atoms with van der Waals surface area (Å²) in [7, 11) is 5.69. The Morgan fingerprint density at radius 2 is 1.92 bits per heavy atom. The number of piperidine rings is 1. The molecule has 36 heavy (non-hydrogen) atoms. The average molecular weight is 524 g/mol. The molecule has 2 aromatic carbocycles. The summed E-state index contributed by atoms with van der Waals surface area (Å²) in [4.78, 5) is 21.8. The highest BCUT2D eigenvalue weighted by Gasteiger charge is 2.25. The number of thiazole rings is 1. The minimum atomic E-state index is -0.157. The van der Waals surface area contributed by atoms with Gasteiger partial charge in [-0.2, -0.15) is 0 Å². The first-order valence-electron chi connectivity index (χ1n) is 12.1. The number of methoxy groups -OCH3 is 1. The van der Waals surface area contributed by atoms with Crippen molar-refractivity contribution in [2.75, 3.05) is 44.5 Å². The first-order valence-corrected chi connectivity index (χ1v) is 13.4. The molecule has 1 aliphatic heterocycles. The number of aromatic nitrogens is 1. The van der Waals surface area contributed by atoms with Gasteiger partial charge in [-0.05, 0) is 73.9 Å². The van der Waals surface area contributed by atoms with Crippen molar-refractivity contribution in [3.63, 3.8) is 0 Å². The van der Waals surface area contributed by atoms with Gasteiger partial charge in [-0.25, -0.2) is 4.98 Å². The fraction of sp³-hybridized carbons (Fsp3) is 0.370. The van der Waals surface area contributed by atoms with Crippen LogP contribution < -0.4 is 20.3 Å². The molecule has 2 N–H and O–H groups in total. The molecule has 0 radical (unpaired) electrons. The Morgan fingerprint density at radius 1 is 1.19 bits per heavy atom. The number of likely N-dealkylation sites (tertiary alicyclic amines) is 1. The van der Waals surface area contributed by atoms with Gasteiger partial charge in [-0.15, -0.1) is 11.3 Å². The van der Waals surface area contributed by atoms with Gasteiger partial charge in [0.1, 0.15) is 11.4 Å². The third-order valence-electron chi connectivity index (χ3n) is 6.46. The summed E-state index contributed by atoms with van der Waals surface area (Å²) in [5.41, 5.74) is 3.61. The van der Waals surface area contributed by atoms with Crippen molar-refractivity contribution >= 4 is 45.9 Å². The summed E-state index contributed by atoms with van der Waals surface area (Å²) < 4.78 is 5.29. The Kier molecular flexibility index (Phi) is 8.43. The van der Waals surface area contributed by atoms with Gasteiger partial charge in [0.05, 0.1) is 18.2 Å². The average Bonchev–Trinajstić information content (AvgIpc) is 3.40. The highest BCUT2D eigenvalue weighted by atomic mass is 32.1. The Hall–Kier alpha value is -3.17. The molecule has 1 aromatic heterocycles. The van der Waals surface area contributed by atoms with E-state index in [0.29, 0.717) is 11.6 Å². The number of nitrogens with one attached hydrogen (secondary N) is 2. The van der Waals surface area contributed by atoms with E-state index in [2.05, 4.69) is 37.6 Å². The Morgan fingerprint density at radius 3 is 2.58 bits per heavy atom. The summed E-state index contributed by atoms with van der Waals surface area (Å²) in [5, 5.41) is 10.0. The van der Waals surface area contributed by atoms with Crippen molar-refractivity contribution in [2.45, 2.75) is 31.7 Å². The molecule has 0 bridgehead atoms. The normalized spacial score (nSPS) is 14.7. The van der Waals surface area contributed by atoms with Crippen molar-refractivity contribution < 1.29 is 9.53 Å². The van der Waals surface area contributed by atoms with Gasteiger partial charge in [-0.3, -0.25) is 4.79 Å². The predicted octanol–water partition coefficient (Wildman–Crippen LogP) is 5.29. The second kappa shape index (κ2) is 11.7. The lowest BCUT2D eigenvalue weighted by molar-refractivity contribution is 0.0935. The van der Waals surface area contributed by atoms with Gasteiger partial charge < -0.3 is 25.2 Å². The molecule has 1 aliphatic rings. The molecular weight excluding hydrogens is 490 g/mol. The van der Waals surface area contributed by atoms with Crippen LogP contribution in [0.4, 0.5) is 11.4 Å². The molecule has 0 spiro atoms. The number of carbonyl (C=O) groups is 1. The number of carbonyl (C=O) groups excluding carboxylic acids is 1. The zero-order valence-electron chi connectivity index (χ0n) is 21.2. The highest BCUT2D eigenvalue weighted by Crippen LogP contribution is 2.31. The van der Waals surface area contributed by atoms with Crippen LogP contribution in [0.15, 0.2) is 53.9 Å². The van der Waals surface area contributed by atoms with Gasteiger partial charge in [0.25, 0.3) is 5.91 Å². The van der Waals surface area contributed by atoms with Crippen LogP contribution in [0, 0.1) is 0 Å². The molecule has 2 heterocycles. The van der Waals surface area contributed by atoms with E-state index in [9.17, 15) is 4.79 Å². The van der Waals surface area contributed by atoms with Crippen LogP contribution in [0.3, 0.4) is 0 Å². The van der Waals surface area contributed by atoms with E-state index in [1.807, 2.05) is 62.8 Å². The van der Waals surface area contributed by atoms with Crippen LogP contribution in [-0.4, -0.2) is 55.2 Å². The van der Waals surface area contributed by atoms with Crippen LogP contribution in [0.1, 0.15) is 52.8 Å². The molecule has 1 saturated heterocycles. The molecule has 0 aliphatic carbocycles. The minimum absolute atomic E-state index is 0.145. The summed E-state index contributed by atoms with van der Waals surface area (Å²) in [6.07, 6.45) is 1.91. The molecule has 1 amide bonds. The smallest absolute Gasteiger partial charge is 0.271 e. The van der Waals surface area contributed by atoms with Gasteiger partial charge in [0.15, 0.2) is 5.11 Å². The Balaban J connectivity index is 1.28. The van der Waals surface area contributed by atoms with Gasteiger partial charge in [0, 0.05) is 49.9 Å². The van der Waals surface area contributed by atoms with Gasteiger partial charge in [0.2, 0.25) is 0 Å². The van der Waals surface area contributed by atoms with Crippen molar-refractivity contribution in [3.05, 3.63) is 70.2 Å². The second-order valence-corrected chi connectivity index (χ2v) is 10.5.